The van der Waals surface area contributed by atoms with Crippen LogP contribution in [0.2, 0.25) is 0 Å². The van der Waals surface area contributed by atoms with E-state index in [9.17, 15) is 16.8 Å². The van der Waals surface area contributed by atoms with Crippen LogP contribution in [0.15, 0.2) is 46.2 Å². The molecule has 0 saturated carbocycles. The Kier molecular flexibility index (Phi) is 7.81. The fourth-order valence-electron chi connectivity index (χ4n) is 3.75. The molecule has 0 aromatic heterocycles. The van der Waals surface area contributed by atoms with Crippen LogP contribution < -0.4 is 14.2 Å². The molecule has 1 aliphatic heterocycles. The minimum atomic E-state index is -3.67. The van der Waals surface area contributed by atoms with E-state index in [0.717, 1.165) is 50.2 Å². The number of hydrogen-bond donors (Lipinski definition) is 1. The zero-order valence-electron chi connectivity index (χ0n) is 18.6. The van der Waals surface area contributed by atoms with Gasteiger partial charge in [0.2, 0.25) is 10.0 Å². The molecule has 0 amide bonds. The Hall–Kier alpha value is -2.14. The van der Waals surface area contributed by atoms with E-state index in [-0.39, 0.29) is 9.79 Å². The molecule has 176 valence electrons. The second-order valence-corrected chi connectivity index (χ2v) is 11.6. The number of unbranched alkanes of at least 4 members (excludes halogenated alkanes) is 1. The Bertz CT molecular complexity index is 1150. The Balaban J connectivity index is 1.47. The summed E-state index contributed by atoms with van der Waals surface area (Å²) in [4.78, 5) is 2.50. The van der Waals surface area contributed by atoms with Crippen LogP contribution in [0, 0.1) is 0 Å². The molecular formula is C22H30N2O6S2. The van der Waals surface area contributed by atoms with E-state index >= 15 is 0 Å². The second kappa shape index (κ2) is 10.2. The van der Waals surface area contributed by atoms with Crippen molar-refractivity contribution in [3.05, 3.63) is 47.5 Å². The minimum Gasteiger partial charge on any atom is -0.493 e. The number of hydrogen-bond acceptors (Lipinski definition) is 7. The van der Waals surface area contributed by atoms with Crippen LogP contribution >= 0.6 is 0 Å². The van der Waals surface area contributed by atoms with Crippen molar-refractivity contribution in [1.29, 1.82) is 0 Å². The summed E-state index contributed by atoms with van der Waals surface area (Å²) in [6, 6.07) is 9.32. The minimum absolute atomic E-state index is 0.0573. The van der Waals surface area contributed by atoms with Gasteiger partial charge in [-0.2, -0.15) is 0 Å². The van der Waals surface area contributed by atoms with Crippen LogP contribution in [0.1, 0.15) is 24.0 Å². The first-order valence-corrected chi connectivity index (χ1v) is 13.8. The van der Waals surface area contributed by atoms with Crippen LogP contribution in [0.25, 0.3) is 0 Å². The lowest BCUT2D eigenvalue weighted by atomic mass is 9.98. The number of methoxy groups -OCH3 is 2. The molecule has 10 heteroatoms. The van der Waals surface area contributed by atoms with Crippen molar-refractivity contribution < 1.29 is 26.3 Å². The maximum absolute atomic E-state index is 12.4. The number of ether oxygens (including phenoxy) is 2. The van der Waals surface area contributed by atoms with Gasteiger partial charge in [0.15, 0.2) is 21.3 Å². The van der Waals surface area contributed by atoms with Crippen molar-refractivity contribution in [3.8, 4) is 11.5 Å². The van der Waals surface area contributed by atoms with Gasteiger partial charge in [0, 0.05) is 25.9 Å². The molecule has 0 unspecified atom stereocenters. The highest BCUT2D eigenvalue weighted by atomic mass is 32.2. The van der Waals surface area contributed by atoms with E-state index in [1.807, 2.05) is 12.1 Å². The molecular weight excluding hydrogens is 452 g/mol. The Morgan fingerprint density at radius 1 is 0.906 bits per heavy atom. The van der Waals surface area contributed by atoms with Crippen LogP contribution in [-0.4, -0.2) is 61.8 Å². The molecule has 0 atom stereocenters. The normalized spacial score (nSPS) is 14.7. The zero-order valence-corrected chi connectivity index (χ0v) is 20.3. The zero-order chi connectivity index (χ0) is 23.4. The van der Waals surface area contributed by atoms with Gasteiger partial charge in [-0.05, 0) is 73.3 Å². The predicted octanol–water partition coefficient (Wildman–Crippen LogP) is 2.22. The molecule has 8 nitrogen and oxygen atoms in total. The number of benzene rings is 2. The summed E-state index contributed by atoms with van der Waals surface area (Å²) in [5, 5.41) is 0. The van der Waals surface area contributed by atoms with E-state index in [2.05, 4.69) is 9.62 Å². The molecule has 0 radical (unpaired) electrons. The van der Waals surface area contributed by atoms with Crippen molar-refractivity contribution in [1.82, 2.24) is 9.62 Å². The Morgan fingerprint density at radius 2 is 1.50 bits per heavy atom. The largest absolute Gasteiger partial charge is 0.493 e. The number of sulfonamides is 1. The first-order valence-electron chi connectivity index (χ1n) is 10.4. The SMILES string of the molecule is COc1cc2c(cc1OC)CN(CCCCNS(=O)(=O)c1ccc(S(C)(=O)=O)cc1)CC2. The Morgan fingerprint density at radius 3 is 2.09 bits per heavy atom. The number of fused-ring (bicyclic) bond motifs is 1. The summed E-state index contributed by atoms with van der Waals surface area (Å²) < 4.78 is 61.2. The fourth-order valence-corrected chi connectivity index (χ4v) is 5.45. The van der Waals surface area contributed by atoms with Gasteiger partial charge in [0.05, 0.1) is 24.0 Å². The highest BCUT2D eigenvalue weighted by Crippen LogP contribution is 2.33. The topological polar surface area (TPSA) is 102 Å². The van der Waals surface area contributed by atoms with Gasteiger partial charge in [-0.1, -0.05) is 0 Å². The average Bonchev–Trinajstić information content (AvgIpc) is 2.77. The van der Waals surface area contributed by atoms with Gasteiger partial charge >= 0.3 is 0 Å². The lowest BCUT2D eigenvalue weighted by Gasteiger charge is -2.29. The van der Waals surface area contributed by atoms with Crippen molar-refractivity contribution in [2.75, 3.05) is 40.1 Å². The van der Waals surface area contributed by atoms with Crippen LogP contribution in [-0.2, 0) is 32.8 Å². The standard InChI is InChI=1S/C22H30N2O6S2/c1-29-21-14-17-10-13-24(16-18(17)15-22(21)30-2)12-5-4-11-23-32(27,28)20-8-6-19(7-9-20)31(3,25)26/h6-9,14-15,23H,4-5,10-13,16H2,1-3H3. The molecule has 2 aromatic rings. The molecule has 0 bridgehead atoms. The highest BCUT2D eigenvalue weighted by Gasteiger charge is 2.19. The summed E-state index contributed by atoms with van der Waals surface area (Å²) in [5.41, 5.74) is 2.50. The van der Waals surface area contributed by atoms with Crippen molar-refractivity contribution in [2.45, 2.75) is 35.6 Å². The molecule has 3 rings (SSSR count). The fraction of sp³-hybridized carbons (Fsp3) is 0.455. The third kappa shape index (κ3) is 6.00. The molecule has 0 aliphatic carbocycles. The number of nitrogens with zero attached hydrogens (tertiary/aromatic N) is 1. The van der Waals surface area contributed by atoms with Crippen molar-refractivity contribution in [3.63, 3.8) is 0 Å². The lowest BCUT2D eigenvalue weighted by Crippen LogP contribution is -2.32. The maximum Gasteiger partial charge on any atom is 0.240 e. The quantitative estimate of drug-likeness (QED) is 0.518. The van der Waals surface area contributed by atoms with E-state index < -0.39 is 19.9 Å². The molecule has 1 aliphatic rings. The molecule has 2 aromatic carbocycles. The number of sulfone groups is 1. The van der Waals surface area contributed by atoms with Gasteiger partial charge in [0.25, 0.3) is 0 Å². The smallest absolute Gasteiger partial charge is 0.240 e. The molecule has 32 heavy (non-hydrogen) atoms. The van der Waals surface area contributed by atoms with Gasteiger partial charge < -0.3 is 9.47 Å². The van der Waals surface area contributed by atoms with Crippen LogP contribution in [0.5, 0.6) is 11.5 Å². The molecule has 0 saturated heterocycles. The average molecular weight is 483 g/mol. The highest BCUT2D eigenvalue weighted by molar-refractivity contribution is 7.90. The van der Waals surface area contributed by atoms with Gasteiger partial charge in [-0.3, -0.25) is 4.90 Å². The predicted molar refractivity (Wildman–Crippen MR) is 123 cm³/mol. The van der Waals surface area contributed by atoms with Crippen molar-refractivity contribution >= 4 is 19.9 Å². The lowest BCUT2D eigenvalue weighted by molar-refractivity contribution is 0.248. The van der Waals surface area contributed by atoms with Crippen LogP contribution in [0.4, 0.5) is 0 Å². The first-order chi connectivity index (χ1) is 15.1. The molecule has 1 N–H and O–H groups in total. The maximum atomic E-state index is 12.4. The number of rotatable bonds is 10. The molecule has 0 spiro atoms. The Labute approximate surface area is 190 Å². The van der Waals surface area contributed by atoms with Crippen LogP contribution in [0.3, 0.4) is 0 Å². The summed E-state index contributed by atoms with van der Waals surface area (Å²) in [7, 11) is -3.76. The van der Waals surface area contributed by atoms with Gasteiger partial charge in [-0.25, -0.2) is 21.6 Å². The third-order valence-electron chi connectivity index (χ3n) is 5.55. The molecule has 0 fully saturated rings. The monoisotopic (exact) mass is 482 g/mol. The summed E-state index contributed by atoms with van der Waals surface area (Å²) in [5.74, 6) is 1.48. The van der Waals surface area contributed by atoms with E-state index in [1.165, 1.54) is 35.4 Å². The molecule has 1 heterocycles. The van der Waals surface area contributed by atoms with E-state index in [4.69, 9.17) is 9.47 Å². The van der Waals surface area contributed by atoms with Gasteiger partial charge in [-0.15, -0.1) is 0 Å². The number of nitrogens with one attached hydrogen (secondary N) is 1. The van der Waals surface area contributed by atoms with Crippen molar-refractivity contribution in [2.24, 2.45) is 0 Å². The summed E-state index contributed by atoms with van der Waals surface area (Å²) in [6.07, 6.45) is 3.59. The summed E-state index contributed by atoms with van der Waals surface area (Å²) >= 11 is 0. The van der Waals surface area contributed by atoms with Gasteiger partial charge in [0.1, 0.15) is 0 Å². The first kappa shape index (κ1) is 24.5. The summed E-state index contributed by atoms with van der Waals surface area (Å²) in [6.45, 7) is 2.97. The second-order valence-electron chi connectivity index (χ2n) is 7.85. The van der Waals surface area contributed by atoms with E-state index in [0.29, 0.717) is 13.0 Å². The third-order valence-corrected chi connectivity index (χ3v) is 8.16. The van der Waals surface area contributed by atoms with E-state index in [1.54, 1.807) is 14.2 Å².